The topological polar surface area (TPSA) is 41.1 Å². The third-order valence-electron chi connectivity index (χ3n) is 3.04. The third-order valence-corrected chi connectivity index (χ3v) is 3.68. The van der Waals surface area contributed by atoms with Crippen LogP contribution in [0.4, 0.5) is 0 Å². The molecule has 0 heterocycles. The van der Waals surface area contributed by atoms with Crippen molar-refractivity contribution in [2.75, 3.05) is 25.6 Å². The molecule has 0 fully saturated rings. The minimum absolute atomic E-state index is 0.0420. The fraction of sp³-hybridized carbons (Fsp3) is 0.533. The molecule has 0 aromatic heterocycles. The molecule has 0 aliphatic rings. The smallest absolute Gasteiger partial charge is 0.251 e. The van der Waals surface area contributed by atoms with Gasteiger partial charge in [-0.3, -0.25) is 4.79 Å². The van der Waals surface area contributed by atoms with Gasteiger partial charge in [0.15, 0.2) is 0 Å². The average molecular weight is 280 g/mol. The zero-order chi connectivity index (χ0) is 14.1. The van der Waals surface area contributed by atoms with Gasteiger partial charge in [-0.1, -0.05) is 18.2 Å². The number of hydrogen-bond acceptors (Lipinski definition) is 3. The highest BCUT2D eigenvalue weighted by Crippen LogP contribution is 2.10. The second-order valence-electron chi connectivity index (χ2n) is 4.67. The first-order valence-corrected chi connectivity index (χ1v) is 8.10. The minimum atomic E-state index is 0.0420. The second-order valence-corrected chi connectivity index (χ2v) is 5.65. The van der Waals surface area contributed by atoms with Crippen molar-refractivity contribution in [1.82, 2.24) is 10.6 Å². The quantitative estimate of drug-likeness (QED) is 0.768. The zero-order valence-corrected chi connectivity index (χ0v) is 12.8. The largest absolute Gasteiger partial charge is 0.350 e. The molecule has 1 unspecified atom stereocenters. The summed E-state index contributed by atoms with van der Waals surface area (Å²) in [5.41, 5.74) is 1.90. The summed E-state index contributed by atoms with van der Waals surface area (Å²) < 4.78 is 0. The minimum Gasteiger partial charge on any atom is -0.350 e. The maximum absolute atomic E-state index is 12.3. The first-order chi connectivity index (χ1) is 9.19. The van der Waals surface area contributed by atoms with E-state index < -0.39 is 0 Å². The summed E-state index contributed by atoms with van der Waals surface area (Å²) in [4.78, 5) is 12.3. The molecule has 0 saturated heterocycles. The van der Waals surface area contributed by atoms with Gasteiger partial charge in [0.25, 0.3) is 5.91 Å². The SMILES string of the molecule is CNCCc1ccccc1C(=O)NC(C)CCSC. The van der Waals surface area contributed by atoms with Gasteiger partial charge in [-0.15, -0.1) is 0 Å². The molecule has 1 amide bonds. The lowest BCUT2D eigenvalue weighted by Crippen LogP contribution is -2.33. The molecule has 0 bridgehead atoms. The number of benzene rings is 1. The number of nitrogens with one attached hydrogen (secondary N) is 2. The lowest BCUT2D eigenvalue weighted by atomic mass is 10.0. The van der Waals surface area contributed by atoms with Crippen LogP contribution in [0.15, 0.2) is 24.3 Å². The van der Waals surface area contributed by atoms with E-state index in [1.807, 2.05) is 43.1 Å². The fourth-order valence-electron chi connectivity index (χ4n) is 1.89. The molecule has 1 aromatic rings. The predicted molar refractivity (Wildman–Crippen MR) is 84.0 cm³/mol. The predicted octanol–water partition coefficient (Wildman–Crippen LogP) is 2.32. The molecule has 0 aliphatic carbocycles. The molecule has 1 aromatic carbocycles. The number of carbonyl (C=O) groups is 1. The molecule has 19 heavy (non-hydrogen) atoms. The highest BCUT2D eigenvalue weighted by molar-refractivity contribution is 7.98. The summed E-state index contributed by atoms with van der Waals surface area (Å²) in [6.45, 7) is 2.94. The van der Waals surface area contributed by atoms with Crippen molar-refractivity contribution in [2.24, 2.45) is 0 Å². The Kier molecular flexibility index (Phi) is 7.60. The van der Waals surface area contributed by atoms with Crippen molar-refractivity contribution in [3.8, 4) is 0 Å². The molecule has 0 spiro atoms. The monoisotopic (exact) mass is 280 g/mol. The lowest BCUT2D eigenvalue weighted by Gasteiger charge is -2.15. The molecule has 1 rings (SSSR count). The van der Waals surface area contributed by atoms with Gasteiger partial charge < -0.3 is 10.6 Å². The molecular formula is C15H24N2OS. The summed E-state index contributed by atoms with van der Waals surface area (Å²) in [5.74, 6) is 1.11. The van der Waals surface area contributed by atoms with Crippen LogP contribution < -0.4 is 10.6 Å². The summed E-state index contributed by atoms with van der Waals surface area (Å²) in [6, 6.07) is 8.06. The van der Waals surface area contributed by atoms with E-state index in [9.17, 15) is 4.79 Å². The van der Waals surface area contributed by atoms with Gasteiger partial charge >= 0.3 is 0 Å². The number of rotatable bonds is 8. The third kappa shape index (κ3) is 5.66. The Morgan fingerprint density at radius 3 is 2.79 bits per heavy atom. The Bertz CT molecular complexity index is 395. The van der Waals surface area contributed by atoms with Crippen LogP contribution in [0.2, 0.25) is 0 Å². The molecule has 4 heteroatoms. The average Bonchev–Trinajstić information content (AvgIpc) is 2.43. The van der Waals surface area contributed by atoms with Crippen LogP contribution in [0.3, 0.4) is 0 Å². The Labute approximate surface area is 120 Å². The van der Waals surface area contributed by atoms with Crippen LogP contribution in [-0.4, -0.2) is 37.6 Å². The van der Waals surface area contributed by atoms with Crippen LogP contribution in [0.25, 0.3) is 0 Å². The molecular weight excluding hydrogens is 256 g/mol. The zero-order valence-electron chi connectivity index (χ0n) is 12.0. The van der Waals surface area contributed by atoms with Gasteiger partial charge in [-0.05, 0) is 57.0 Å². The van der Waals surface area contributed by atoms with E-state index in [0.717, 1.165) is 36.3 Å². The maximum Gasteiger partial charge on any atom is 0.251 e. The molecule has 0 aliphatic heterocycles. The molecule has 0 radical (unpaired) electrons. The van der Waals surface area contributed by atoms with E-state index >= 15 is 0 Å². The molecule has 3 nitrogen and oxygen atoms in total. The molecule has 1 atom stereocenters. The normalized spacial score (nSPS) is 12.2. The second kappa shape index (κ2) is 8.99. The van der Waals surface area contributed by atoms with Crippen LogP contribution >= 0.6 is 11.8 Å². The highest BCUT2D eigenvalue weighted by Gasteiger charge is 2.12. The number of likely N-dealkylation sites (N-methyl/N-ethyl adjacent to an activating group) is 1. The molecule has 2 N–H and O–H groups in total. The number of thioether (sulfide) groups is 1. The van der Waals surface area contributed by atoms with Crippen LogP contribution in [0.1, 0.15) is 29.3 Å². The van der Waals surface area contributed by atoms with Gasteiger partial charge in [0, 0.05) is 11.6 Å². The van der Waals surface area contributed by atoms with Gasteiger partial charge in [0.05, 0.1) is 0 Å². The van der Waals surface area contributed by atoms with E-state index in [1.54, 1.807) is 0 Å². The van der Waals surface area contributed by atoms with Gasteiger partial charge in [-0.25, -0.2) is 0 Å². The van der Waals surface area contributed by atoms with Crippen molar-refractivity contribution in [3.05, 3.63) is 35.4 Å². The van der Waals surface area contributed by atoms with Crippen molar-refractivity contribution in [1.29, 1.82) is 0 Å². The van der Waals surface area contributed by atoms with Crippen molar-refractivity contribution < 1.29 is 4.79 Å². The molecule has 106 valence electrons. The first kappa shape index (κ1) is 16.1. The Balaban J connectivity index is 2.65. The van der Waals surface area contributed by atoms with Gasteiger partial charge in [0.2, 0.25) is 0 Å². The lowest BCUT2D eigenvalue weighted by molar-refractivity contribution is 0.0938. The van der Waals surface area contributed by atoms with Crippen molar-refractivity contribution in [2.45, 2.75) is 25.8 Å². The summed E-state index contributed by atoms with van der Waals surface area (Å²) in [6.07, 6.45) is 3.96. The Morgan fingerprint density at radius 1 is 1.37 bits per heavy atom. The highest BCUT2D eigenvalue weighted by atomic mass is 32.2. The number of carbonyl (C=O) groups excluding carboxylic acids is 1. The maximum atomic E-state index is 12.3. The van der Waals surface area contributed by atoms with Crippen LogP contribution in [-0.2, 0) is 6.42 Å². The number of hydrogen-bond donors (Lipinski definition) is 2. The summed E-state index contributed by atoms with van der Waals surface area (Å²) in [5, 5.41) is 6.19. The van der Waals surface area contributed by atoms with Crippen LogP contribution in [0.5, 0.6) is 0 Å². The van der Waals surface area contributed by atoms with E-state index in [1.165, 1.54) is 0 Å². The molecule has 0 saturated carbocycles. The first-order valence-electron chi connectivity index (χ1n) is 6.71. The van der Waals surface area contributed by atoms with E-state index in [0.29, 0.717) is 0 Å². The Hall–Kier alpha value is -1.00. The van der Waals surface area contributed by atoms with Crippen molar-refractivity contribution >= 4 is 17.7 Å². The standard InChI is InChI=1S/C15H24N2OS/c1-12(9-11-19-3)17-15(18)14-7-5-4-6-13(14)8-10-16-2/h4-7,12,16H,8-11H2,1-3H3,(H,17,18). The van der Waals surface area contributed by atoms with Crippen molar-refractivity contribution in [3.63, 3.8) is 0 Å². The van der Waals surface area contributed by atoms with Crippen LogP contribution in [0, 0.1) is 0 Å². The van der Waals surface area contributed by atoms with Gasteiger partial charge in [0.1, 0.15) is 0 Å². The van der Waals surface area contributed by atoms with E-state index in [2.05, 4.69) is 23.8 Å². The summed E-state index contributed by atoms with van der Waals surface area (Å²) in [7, 11) is 1.92. The van der Waals surface area contributed by atoms with Gasteiger partial charge in [-0.2, -0.15) is 11.8 Å². The van der Waals surface area contributed by atoms with E-state index in [-0.39, 0.29) is 11.9 Å². The number of amides is 1. The fourth-order valence-corrected chi connectivity index (χ4v) is 2.48. The van der Waals surface area contributed by atoms with E-state index in [4.69, 9.17) is 0 Å². The Morgan fingerprint density at radius 2 is 2.11 bits per heavy atom. The summed E-state index contributed by atoms with van der Waals surface area (Å²) >= 11 is 1.81.